The highest BCUT2D eigenvalue weighted by molar-refractivity contribution is 6.00. The van der Waals surface area contributed by atoms with Gasteiger partial charge in [0.05, 0.1) is 0 Å². The van der Waals surface area contributed by atoms with Crippen LogP contribution < -0.4 is 5.43 Å². The Bertz CT molecular complexity index is 908. The van der Waals surface area contributed by atoms with Crippen LogP contribution in [0.2, 0.25) is 0 Å². The molecule has 0 radical (unpaired) electrons. The molecular weight excluding hydrogens is 276 g/mol. The van der Waals surface area contributed by atoms with E-state index in [1.54, 1.807) is 29.2 Å². The number of nitrogens with zero attached hydrogens (tertiary/aromatic N) is 1. The summed E-state index contributed by atoms with van der Waals surface area (Å²) in [4.78, 5) is 30.1. The molecule has 0 aliphatic rings. The van der Waals surface area contributed by atoms with Crippen molar-refractivity contribution in [3.8, 4) is 0 Å². The van der Waals surface area contributed by atoms with Crippen molar-refractivity contribution in [1.29, 1.82) is 0 Å². The van der Waals surface area contributed by atoms with Gasteiger partial charge in [-0.25, -0.2) is 0 Å². The number of aromatic amines is 1. The minimum atomic E-state index is -0.0430. The Labute approximate surface area is 128 Å². The highest BCUT2D eigenvalue weighted by Crippen LogP contribution is 2.17. The number of carbonyl (C=O) groups excluding carboxylic acids is 1. The molecule has 0 saturated heterocycles. The van der Waals surface area contributed by atoms with Crippen LogP contribution in [-0.4, -0.2) is 28.9 Å². The van der Waals surface area contributed by atoms with E-state index in [0.717, 1.165) is 11.0 Å². The molecule has 4 nitrogen and oxygen atoms in total. The Morgan fingerprint density at radius 2 is 1.68 bits per heavy atom. The number of nitrogens with one attached hydrogen (secondary N) is 1. The largest absolute Gasteiger partial charge is 0.354 e. The second kappa shape index (κ2) is 5.64. The molecule has 22 heavy (non-hydrogen) atoms. The summed E-state index contributed by atoms with van der Waals surface area (Å²) in [5, 5.41) is 1.19. The quantitative estimate of drug-likeness (QED) is 0.754. The monoisotopic (exact) mass is 294 g/mol. The Kier molecular flexibility index (Phi) is 3.67. The molecule has 0 atom stereocenters. The van der Waals surface area contributed by atoms with E-state index in [0.29, 0.717) is 29.4 Å². The standard InChI is InChI=1S/C18H18N2O2/c1-3-20(4-2)18(22)12-9-10-16-14(11-12)17(21)13-7-5-6-8-15(13)19-16/h5-11H,3-4H2,1-2H3,(H,19,21). The number of para-hydroxylation sites is 1. The lowest BCUT2D eigenvalue weighted by Gasteiger charge is -2.18. The first-order chi connectivity index (χ1) is 10.7. The van der Waals surface area contributed by atoms with Crippen molar-refractivity contribution in [1.82, 2.24) is 9.88 Å². The van der Waals surface area contributed by atoms with Gasteiger partial charge in [0.25, 0.3) is 5.91 Å². The lowest BCUT2D eigenvalue weighted by molar-refractivity contribution is 0.0773. The van der Waals surface area contributed by atoms with Gasteiger partial charge in [0.2, 0.25) is 0 Å². The maximum absolute atomic E-state index is 12.6. The molecule has 2 aromatic carbocycles. The third-order valence-corrected chi connectivity index (χ3v) is 4.00. The summed E-state index contributed by atoms with van der Waals surface area (Å²) in [7, 11) is 0. The SMILES string of the molecule is CCN(CC)C(=O)c1ccc2[nH]c3ccccc3c(=O)c2c1. The maximum atomic E-state index is 12.6. The van der Waals surface area contributed by atoms with Crippen LogP contribution in [0.15, 0.2) is 47.3 Å². The Hall–Kier alpha value is -2.62. The predicted molar refractivity (Wildman–Crippen MR) is 89.3 cm³/mol. The van der Waals surface area contributed by atoms with Crippen LogP contribution in [0.5, 0.6) is 0 Å². The fraction of sp³-hybridized carbons (Fsp3) is 0.222. The molecule has 0 aliphatic carbocycles. The Morgan fingerprint density at radius 1 is 1.00 bits per heavy atom. The van der Waals surface area contributed by atoms with Crippen LogP contribution in [0.1, 0.15) is 24.2 Å². The molecule has 3 aromatic rings. The minimum Gasteiger partial charge on any atom is -0.354 e. The van der Waals surface area contributed by atoms with Crippen LogP contribution in [0, 0.1) is 0 Å². The van der Waals surface area contributed by atoms with Crippen molar-refractivity contribution in [3.63, 3.8) is 0 Å². The average molecular weight is 294 g/mol. The second-order valence-electron chi connectivity index (χ2n) is 5.24. The summed E-state index contributed by atoms with van der Waals surface area (Å²) in [6, 6.07) is 12.7. The third kappa shape index (κ3) is 2.26. The second-order valence-corrected chi connectivity index (χ2v) is 5.24. The normalized spacial score (nSPS) is 11.0. The molecule has 0 bridgehead atoms. The van der Waals surface area contributed by atoms with E-state index in [1.165, 1.54) is 0 Å². The molecule has 0 saturated carbocycles. The summed E-state index contributed by atoms with van der Waals surface area (Å²) >= 11 is 0. The van der Waals surface area contributed by atoms with Crippen molar-refractivity contribution < 1.29 is 4.79 Å². The molecule has 1 N–H and O–H groups in total. The zero-order chi connectivity index (χ0) is 15.7. The van der Waals surface area contributed by atoms with Crippen molar-refractivity contribution in [3.05, 3.63) is 58.3 Å². The fourth-order valence-corrected chi connectivity index (χ4v) is 2.75. The van der Waals surface area contributed by atoms with E-state index < -0.39 is 0 Å². The topological polar surface area (TPSA) is 53.2 Å². The van der Waals surface area contributed by atoms with Gasteiger partial charge < -0.3 is 9.88 Å². The fourth-order valence-electron chi connectivity index (χ4n) is 2.75. The van der Waals surface area contributed by atoms with Crippen LogP contribution in [-0.2, 0) is 0 Å². The zero-order valence-corrected chi connectivity index (χ0v) is 12.7. The number of carbonyl (C=O) groups is 1. The lowest BCUT2D eigenvalue weighted by atomic mass is 10.1. The van der Waals surface area contributed by atoms with Gasteiger partial charge in [0, 0.05) is 40.5 Å². The third-order valence-electron chi connectivity index (χ3n) is 4.00. The van der Waals surface area contributed by atoms with E-state index in [1.807, 2.05) is 32.0 Å². The first-order valence-corrected chi connectivity index (χ1v) is 7.49. The number of hydrogen-bond acceptors (Lipinski definition) is 2. The van der Waals surface area contributed by atoms with Crippen LogP contribution >= 0.6 is 0 Å². The van der Waals surface area contributed by atoms with Crippen molar-refractivity contribution in [2.45, 2.75) is 13.8 Å². The summed E-state index contributed by atoms with van der Waals surface area (Å²) in [6.45, 7) is 5.20. The van der Waals surface area contributed by atoms with E-state index in [-0.39, 0.29) is 11.3 Å². The van der Waals surface area contributed by atoms with Gasteiger partial charge >= 0.3 is 0 Å². The molecule has 112 valence electrons. The molecular formula is C18H18N2O2. The number of aromatic nitrogens is 1. The van der Waals surface area contributed by atoms with Gasteiger partial charge in [-0.05, 0) is 44.2 Å². The Morgan fingerprint density at radius 3 is 2.41 bits per heavy atom. The summed E-state index contributed by atoms with van der Waals surface area (Å²) in [6.07, 6.45) is 0. The molecule has 0 fully saturated rings. The molecule has 0 spiro atoms. The van der Waals surface area contributed by atoms with Crippen molar-refractivity contribution in [2.75, 3.05) is 13.1 Å². The van der Waals surface area contributed by atoms with E-state index in [4.69, 9.17) is 0 Å². The highest BCUT2D eigenvalue weighted by Gasteiger charge is 2.14. The van der Waals surface area contributed by atoms with Gasteiger partial charge in [-0.2, -0.15) is 0 Å². The first-order valence-electron chi connectivity index (χ1n) is 7.49. The number of pyridine rings is 1. The smallest absolute Gasteiger partial charge is 0.253 e. The molecule has 1 heterocycles. The molecule has 1 amide bonds. The van der Waals surface area contributed by atoms with Crippen LogP contribution in [0.3, 0.4) is 0 Å². The molecule has 0 aliphatic heterocycles. The summed E-state index contributed by atoms with van der Waals surface area (Å²) in [5.74, 6) is -0.0422. The molecule has 4 heteroatoms. The van der Waals surface area contributed by atoms with E-state index >= 15 is 0 Å². The average Bonchev–Trinajstić information content (AvgIpc) is 2.56. The number of H-pyrrole nitrogens is 1. The van der Waals surface area contributed by atoms with Crippen molar-refractivity contribution >= 4 is 27.7 Å². The molecule has 0 unspecified atom stereocenters. The van der Waals surface area contributed by atoms with Crippen molar-refractivity contribution in [2.24, 2.45) is 0 Å². The highest BCUT2D eigenvalue weighted by atomic mass is 16.2. The predicted octanol–water partition coefficient (Wildman–Crippen LogP) is 3.16. The maximum Gasteiger partial charge on any atom is 0.253 e. The zero-order valence-electron chi connectivity index (χ0n) is 12.7. The number of amides is 1. The Balaban J connectivity index is 2.21. The van der Waals surface area contributed by atoms with Gasteiger partial charge in [0.1, 0.15) is 0 Å². The number of benzene rings is 2. The molecule has 3 rings (SSSR count). The minimum absolute atomic E-state index is 0.0422. The molecule has 1 aromatic heterocycles. The van der Waals surface area contributed by atoms with Gasteiger partial charge in [-0.1, -0.05) is 12.1 Å². The van der Waals surface area contributed by atoms with E-state index in [2.05, 4.69) is 4.98 Å². The lowest BCUT2D eigenvalue weighted by Crippen LogP contribution is -2.30. The summed E-state index contributed by atoms with van der Waals surface area (Å²) in [5.41, 5.74) is 2.07. The first kappa shape index (κ1) is 14.3. The number of hydrogen-bond donors (Lipinski definition) is 1. The summed E-state index contributed by atoms with van der Waals surface area (Å²) < 4.78 is 0. The van der Waals surface area contributed by atoms with Crippen LogP contribution in [0.4, 0.5) is 0 Å². The van der Waals surface area contributed by atoms with Gasteiger partial charge in [-0.3, -0.25) is 9.59 Å². The van der Waals surface area contributed by atoms with E-state index in [9.17, 15) is 9.59 Å². The van der Waals surface area contributed by atoms with Gasteiger partial charge in [0.15, 0.2) is 5.43 Å². The number of fused-ring (bicyclic) bond motifs is 2. The number of rotatable bonds is 3. The van der Waals surface area contributed by atoms with Gasteiger partial charge in [-0.15, -0.1) is 0 Å². The van der Waals surface area contributed by atoms with Crippen LogP contribution in [0.25, 0.3) is 21.8 Å².